The zero-order valence-corrected chi connectivity index (χ0v) is 24.9. The van der Waals surface area contributed by atoms with E-state index in [2.05, 4.69) is 16.0 Å². The van der Waals surface area contributed by atoms with Gasteiger partial charge < -0.3 is 40.3 Å². The lowest BCUT2D eigenvalue weighted by Crippen LogP contribution is -2.52. The Bertz CT molecular complexity index is 1230. The Kier molecular flexibility index (Phi) is 10.5. The summed E-state index contributed by atoms with van der Waals surface area (Å²) in [4.78, 5) is 43.0. The molecule has 42 heavy (non-hydrogen) atoms. The number of aliphatic hydroxyl groups is 1. The first-order valence-corrected chi connectivity index (χ1v) is 14.6. The van der Waals surface area contributed by atoms with Gasteiger partial charge in [0.05, 0.1) is 37.6 Å². The van der Waals surface area contributed by atoms with E-state index in [-0.39, 0.29) is 48.4 Å². The molecule has 0 saturated heterocycles. The minimum absolute atomic E-state index is 0.165. The number of benzene rings is 2. The maximum Gasteiger partial charge on any atom is 0.323 e. The van der Waals surface area contributed by atoms with Gasteiger partial charge in [0.1, 0.15) is 11.9 Å². The molecule has 2 aromatic rings. The van der Waals surface area contributed by atoms with Crippen molar-refractivity contribution < 1.29 is 29.0 Å². The van der Waals surface area contributed by atoms with Gasteiger partial charge in [0.2, 0.25) is 0 Å². The van der Waals surface area contributed by atoms with Crippen LogP contribution in [0, 0.1) is 5.92 Å². The van der Waals surface area contributed by atoms with Crippen LogP contribution in [0.4, 0.5) is 21.0 Å². The number of methoxy groups -OCH3 is 1. The molecule has 5 amide bonds. The number of hydrogen-bond donors (Lipinski definition) is 4. The van der Waals surface area contributed by atoms with E-state index in [0.717, 1.165) is 25.7 Å². The molecule has 1 saturated carbocycles. The summed E-state index contributed by atoms with van der Waals surface area (Å²) >= 11 is 0. The molecule has 1 fully saturated rings. The maximum absolute atomic E-state index is 13.7. The highest BCUT2D eigenvalue weighted by molar-refractivity contribution is 6.04. The Balaban J connectivity index is 1.58. The number of carbonyl (C=O) groups is 3. The lowest BCUT2D eigenvalue weighted by molar-refractivity contribution is 0.0368. The number of amides is 5. The van der Waals surface area contributed by atoms with E-state index in [0.29, 0.717) is 23.7 Å². The SMILES string of the molecule is COc1ccc(NC(=O)Nc2cccc3c2O[C@@H](CN(C)C(=O)NC2CCCCC2)[C@@H](C)CN([C@@H](C)CO)C3=O)cc1. The van der Waals surface area contributed by atoms with Crippen molar-refractivity contribution in [2.24, 2.45) is 5.92 Å². The van der Waals surface area contributed by atoms with Crippen LogP contribution in [0.3, 0.4) is 0 Å². The van der Waals surface area contributed by atoms with E-state index in [9.17, 15) is 19.5 Å². The van der Waals surface area contributed by atoms with Gasteiger partial charge in [-0.05, 0) is 56.2 Å². The number of urea groups is 2. The second-order valence-electron chi connectivity index (χ2n) is 11.3. The lowest BCUT2D eigenvalue weighted by Gasteiger charge is -2.38. The first kappa shape index (κ1) is 31.0. The van der Waals surface area contributed by atoms with Gasteiger partial charge in [0.15, 0.2) is 5.75 Å². The van der Waals surface area contributed by atoms with Crippen LogP contribution in [0.15, 0.2) is 42.5 Å². The first-order valence-electron chi connectivity index (χ1n) is 14.6. The number of aliphatic hydroxyl groups excluding tert-OH is 1. The molecule has 4 N–H and O–H groups in total. The predicted molar refractivity (Wildman–Crippen MR) is 161 cm³/mol. The molecule has 0 radical (unpaired) electrons. The monoisotopic (exact) mass is 581 g/mol. The minimum atomic E-state index is -0.513. The third-order valence-electron chi connectivity index (χ3n) is 8.02. The molecular formula is C31H43N5O6. The van der Waals surface area contributed by atoms with E-state index in [4.69, 9.17) is 9.47 Å². The van der Waals surface area contributed by atoms with Crippen molar-refractivity contribution in [3.63, 3.8) is 0 Å². The lowest BCUT2D eigenvalue weighted by atomic mass is 9.96. The van der Waals surface area contributed by atoms with Gasteiger partial charge in [-0.15, -0.1) is 0 Å². The predicted octanol–water partition coefficient (Wildman–Crippen LogP) is 4.53. The summed E-state index contributed by atoms with van der Waals surface area (Å²) in [7, 11) is 3.30. The molecule has 0 aromatic heterocycles. The van der Waals surface area contributed by atoms with Gasteiger partial charge >= 0.3 is 12.1 Å². The molecule has 2 aliphatic rings. The number of hydrogen-bond acceptors (Lipinski definition) is 6. The Morgan fingerprint density at radius 1 is 1.12 bits per heavy atom. The van der Waals surface area contributed by atoms with Crippen LogP contribution in [0.25, 0.3) is 0 Å². The van der Waals surface area contributed by atoms with Crippen molar-refractivity contribution in [1.29, 1.82) is 0 Å². The molecule has 3 atom stereocenters. The Morgan fingerprint density at radius 3 is 2.50 bits per heavy atom. The summed E-state index contributed by atoms with van der Waals surface area (Å²) < 4.78 is 11.7. The van der Waals surface area contributed by atoms with Crippen molar-refractivity contribution in [3.05, 3.63) is 48.0 Å². The molecule has 11 nitrogen and oxygen atoms in total. The number of carbonyl (C=O) groups excluding carboxylic acids is 3. The summed E-state index contributed by atoms with van der Waals surface area (Å²) in [6.45, 7) is 4.14. The third kappa shape index (κ3) is 7.64. The van der Waals surface area contributed by atoms with E-state index in [1.165, 1.54) is 6.42 Å². The van der Waals surface area contributed by atoms with Crippen LogP contribution in [-0.2, 0) is 0 Å². The standard InChI is InChI=1S/C31H43N5O6/c1-20-17-36(21(2)19-37)29(38)25-11-8-12-26(34-30(39)32-23-13-15-24(41-4)16-14-23)28(25)42-27(20)18-35(3)31(40)33-22-9-6-5-7-10-22/h8,11-16,20-22,27,37H,5-7,9-10,17-19H2,1-4H3,(H,33,40)(H2,32,34,39)/t20-,21-,27-/m0/s1. The van der Waals surface area contributed by atoms with Crippen LogP contribution >= 0.6 is 0 Å². The number of fused-ring (bicyclic) bond motifs is 1. The second-order valence-corrected chi connectivity index (χ2v) is 11.3. The van der Waals surface area contributed by atoms with Crippen LogP contribution in [0.5, 0.6) is 11.5 Å². The quantitative estimate of drug-likeness (QED) is 0.362. The maximum atomic E-state index is 13.7. The molecule has 4 rings (SSSR count). The summed E-state index contributed by atoms with van der Waals surface area (Å²) in [6, 6.07) is 11.0. The zero-order chi connectivity index (χ0) is 30.2. The fraction of sp³-hybridized carbons (Fsp3) is 0.516. The summed E-state index contributed by atoms with van der Waals surface area (Å²) in [6.07, 6.45) is 4.89. The molecule has 1 aliphatic heterocycles. The van der Waals surface area contributed by atoms with Gasteiger partial charge in [0, 0.05) is 31.2 Å². The fourth-order valence-corrected chi connectivity index (χ4v) is 5.40. The average Bonchev–Trinajstić information content (AvgIpc) is 2.99. The van der Waals surface area contributed by atoms with Gasteiger partial charge in [-0.3, -0.25) is 4.79 Å². The van der Waals surface area contributed by atoms with E-state index in [1.54, 1.807) is 73.3 Å². The molecule has 0 bridgehead atoms. The highest BCUT2D eigenvalue weighted by Crippen LogP contribution is 2.35. The zero-order valence-electron chi connectivity index (χ0n) is 24.9. The molecule has 228 valence electrons. The Labute approximate surface area is 247 Å². The molecule has 0 unspecified atom stereocenters. The Hall–Kier alpha value is -3.99. The van der Waals surface area contributed by atoms with E-state index < -0.39 is 18.2 Å². The molecule has 1 heterocycles. The number of anilines is 2. The molecule has 0 spiro atoms. The number of rotatable bonds is 8. The first-order chi connectivity index (χ1) is 20.2. The van der Waals surface area contributed by atoms with Gasteiger partial charge in [-0.2, -0.15) is 0 Å². The topological polar surface area (TPSA) is 132 Å². The fourth-order valence-electron chi connectivity index (χ4n) is 5.40. The van der Waals surface area contributed by atoms with Gasteiger partial charge in [0.25, 0.3) is 5.91 Å². The van der Waals surface area contributed by atoms with Crippen LogP contribution in [-0.4, -0.2) is 84.9 Å². The summed E-state index contributed by atoms with van der Waals surface area (Å²) in [5.41, 5.74) is 1.14. The van der Waals surface area contributed by atoms with Crippen molar-refractivity contribution in [2.75, 3.05) is 44.5 Å². The summed E-state index contributed by atoms with van der Waals surface area (Å²) in [5, 5.41) is 18.7. The van der Waals surface area contributed by atoms with Crippen molar-refractivity contribution in [2.45, 2.75) is 64.1 Å². The molecular weight excluding hydrogens is 538 g/mol. The van der Waals surface area contributed by atoms with Crippen LogP contribution in [0.2, 0.25) is 0 Å². The summed E-state index contributed by atoms with van der Waals surface area (Å²) in [5.74, 6) is 0.387. The number of para-hydroxylation sites is 1. The van der Waals surface area contributed by atoms with E-state index >= 15 is 0 Å². The minimum Gasteiger partial charge on any atom is -0.497 e. The van der Waals surface area contributed by atoms with E-state index in [1.807, 2.05) is 6.92 Å². The van der Waals surface area contributed by atoms with Gasteiger partial charge in [-0.25, -0.2) is 9.59 Å². The third-order valence-corrected chi connectivity index (χ3v) is 8.02. The Morgan fingerprint density at radius 2 is 1.83 bits per heavy atom. The molecule has 2 aromatic carbocycles. The highest BCUT2D eigenvalue weighted by Gasteiger charge is 2.35. The van der Waals surface area contributed by atoms with Crippen LogP contribution in [0.1, 0.15) is 56.3 Å². The van der Waals surface area contributed by atoms with Crippen molar-refractivity contribution in [1.82, 2.24) is 15.1 Å². The normalized spacial score (nSPS) is 19.8. The number of nitrogens with one attached hydrogen (secondary N) is 3. The van der Waals surface area contributed by atoms with Gasteiger partial charge in [-0.1, -0.05) is 32.3 Å². The van der Waals surface area contributed by atoms with Crippen molar-refractivity contribution in [3.8, 4) is 11.5 Å². The number of likely N-dealkylation sites (N-methyl/N-ethyl adjacent to an activating group) is 1. The smallest absolute Gasteiger partial charge is 0.323 e. The van der Waals surface area contributed by atoms with Crippen LogP contribution < -0.4 is 25.4 Å². The number of nitrogens with zero attached hydrogens (tertiary/aromatic N) is 2. The molecule has 11 heteroatoms. The average molecular weight is 582 g/mol. The molecule has 1 aliphatic carbocycles. The second kappa shape index (κ2) is 14.3. The number of ether oxygens (including phenoxy) is 2. The largest absolute Gasteiger partial charge is 0.497 e. The van der Waals surface area contributed by atoms with Crippen molar-refractivity contribution >= 4 is 29.3 Å². The highest BCUT2D eigenvalue weighted by atomic mass is 16.5.